The summed E-state index contributed by atoms with van der Waals surface area (Å²) in [6.45, 7) is 3.66. The minimum Gasteiger partial charge on any atom is -0.451 e. The van der Waals surface area contributed by atoms with Crippen LogP contribution in [0.15, 0.2) is 66.1 Å². The van der Waals surface area contributed by atoms with Gasteiger partial charge in [0.1, 0.15) is 0 Å². The molecule has 8 heteroatoms. The van der Waals surface area contributed by atoms with Crippen LogP contribution in [0.5, 0.6) is 0 Å². The highest BCUT2D eigenvalue weighted by molar-refractivity contribution is 7.92. The number of anilines is 1. The number of hydrogen-bond acceptors (Lipinski definition) is 5. The summed E-state index contributed by atoms with van der Waals surface area (Å²) in [5, 5.41) is 0.482. The molecule has 6 nitrogen and oxygen atoms in total. The Bertz CT molecular complexity index is 1030. The van der Waals surface area contributed by atoms with Crippen LogP contribution in [0.25, 0.3) is 0 Å². The van der Waals surface area contributed by atoms with Gasteiger partial charge < -0.3 is 4.74 Å². The number of esters is 1. The zero-order valence-corrected chi connectivity index (χ0v) is 17.2. The van der Waals surface area contributed by atoms with Crippen LogP contribution in [0.3, 0.4) is 0 Å². The number of ketones is 1. The summed E-state index contributed by atoms with van der Waals surface area (Å²) < 4.78 is 32.9. The van der Waals surface area contributed by atoms with Crippen LogP contribution in [0, 0.1) is 0 Å². The number of carbonyl (C=O) groups is 2. The summed E-state index contributed by atoms with van der Waals surface area (Å²) >= 11 is 5.90. The number of rotatable bonds is 7. The van der Waals surface area contributed by atoms with Crippen LogP contribution < -0.4 is 4.31 Å². The van der Waals surface area contributed by atoms with Crippen LogP contribution in [-0.2, 0) is 19.6 Å². The van der Waals surface area contributed by atoms with Gasteiger partial charge in [0.2, 0.25) is 0 Å². The summed E-state index contributed by atoms with van der Waals surface area (Å²) in [5.74, 6) is -0.828. The van der Waals surface area contributed by atoms with E-state index in [9.17, 15) is 18.0 Å². The molecule has 0 radical (unpaired) electrons. The van der Waals surface area contributed by atoms with Crippen molar-refractivity contribution in [1.29, 1.82) is 0 Å². The van der Waals surface area contributed by atoms with Crippen LogP contribution >= 0.6 is 11.6 Å². The maximum atomic E-state index is 13.2. The molecule has 2 aromatic carbocycles. The molecule has 1 saturated carbocycles. The predicted octanol–water partition coefficient (Wildman–Crippen LogP) is 4.00. The lowest BCUT2D eigenvalue weighted by atomic mass is 10.2. The number of benzene rings is 2. The largest absolute Gasteiger partial charge is 0.451 e. The summed E-state index contributed by atoms with van der Waals surface area (Å²) in [7, 11) is -3.98. The number of carbonyl (C=O) groups excluding carboxylic acids is 2. The first-order valence-electron chi connectivity index (χ1n) is 9.06. The number of ether oxygens (including phenoxy) is 1. The third-order valence-corrected chi connectivity index (χ3v) is 6.61. The maximum Gasteiger partial charge on any atom is 0.338 e. The SMILES string of the molecule is C=CCN(c1ccc(Cl)cc1)S(=O)(=O)c1cccc(C(=O)O[C@@H]2CCCC2=O)c1. The van der Waals surface area contributed by atoms with E-state index in [-0.39, 0.29) is 22.8 Å². The van der Waals surface area contributed by atoms with Crippen molar-refractivity contribution in [2.75, 3.05) is 10.8 Å². The number of hydrogen-bond donors (Lipinski definition) is 0. The Balaban J connectivity index is 1.90. The van der Waals surface area contributed by atoms with E-state index >= 15 is 0 Å². The Labute approximate surface area is 174 Å². The Morgan fingerprint density at radius 1 is 1.24 bits per heavy atom. The molecule has 0 aliphatic heterocycles. The van der Waals surface area contributed by atoms with Crippen molar-refractivity contribution < 1.29 is 22.7 Å². The Morgan fingerprint density at radius 2 is 1.97 bits per heavy atom. The Hall–Kier alpha value is -2.64. The van der Waals surface area contributed by atoms with Crippen molar-refractivity contribution in [1.82, 2.24) is 0 Å². The standard InChI is InChI=1S/C21H20ClNO5S/c1-2-13-23(17-11-9-16(22)10-12-17)29(26,27)18-6-3-5-15(14-18)21(25)28-20-8-4-7-19(20)24/h2-3,5-6,9-12,14,20H,1,4,7-8,13H2/t20-/m1/s1. The fourth-order valence-corrected chi connectivity index (χ4v) is 4.69. The fourth-order valence-electron chi connectivity index (χ4n) is 3.08. The van der Waals surface area contributed by atoms with Gasteiger partial charge in [-0.25, -0.2) is 13.2 Å². The Kier molecular flexibility index (Phi) is 6.39. The molecule has 3 rings (SSSR count). The van der Waals surface area contributed by atoms with E-state index in [4.69, 9.17) is 16.3 Å². The smallest absolute Gasteiger partial charge is 0.338 e. The second kappa shape index (κ2) is 8.80. The molecule has 1 fully saturated rings. The van der Waals surface area contributed by atoms with Gasteiger partial charge in [0.15, 0.2) is 11.9 Å². The van der Waals surface area contributed by atoms with Gasteiger partial charge >= 0.3 is 5.97 Å². The molecule has 1 aliphatic rings. The molecule has 0 bridgehead atoms. The van der Waals surface area contributed by atoms with E-state index in [1.807, 2.05) is 0 Å². The highest BCUT2D eigenvalue weighted by atomic mass is 35.5. The van der Waals surface area contributed by atoms with E-state index in [2.05, 4.69) is 6.58 Å². The average molecular weight is 434 g/mol. The van der Waals surface area contributed by atoms with Crippen molar-refractivity contribution >= 4 is 39.1 Å². The minimum absolute atomic E-state index is 0.0369. The number of nitrogens with zero attached hydrogens (tertiary/aromatic N) is 1. The molecule has 29 heavy (non-hydrogen) atoms. The number of sulfonamides is 1. The van der Waals surface area contributed by atoms with Gasteiger partial charge in [0.25, 0.3) is 10.0 Å². The molecular weight excluding hydrogens is 414 g/mol. The van der Waals surface area contributed by atoms with Crippen molar-refractivity contribution in [2.24, 2.45) is 0 Å². The molecule has 0 spiro atoms. The zero-order chi connectivity index (χ0) is 21.0. The summed E-state index contributed by atoms with van der Waals surface area (Å²) in [5.41, 5.74) is 0.485. The molecular formula is C21H20ClNO5S. The van der Waals surface area contributed by atoms with E-state index < -0.39 is 22.1 Å². The molecule has 2 aromatic rings. The highest BCUT2D eigenvalue weighted by Gasteiger charge is 2.29. The second-order valence-corrected chi connectivity index (χ2v) is 8.88. The first-order chi connectivity index (χ1) is 13.8. The van der Waals surface area contributed by atoms with E-state index in [1.165, 1.54) is 34.6 Å². The third kappa shape index (κ3) is 4.68. The van der Waals surface area contributed by atoms with Gasteiger partial charge in [-0.2, -0.15) is 0 Å². The van der Waals surface area contributed by atoms with Gasteiger partial charge in [-0.05, 0) is 55.3 Å². The normalized spacial score (nSPS) is 16.4. The fraction of sp³-hybridized carbons (Fsp3) is 0.238. The molecule has 1 atom stereocenters. The zero-order valence-electron chi connectivity index (χ0n) is 15.6. The quantitative estimate of drug-likeness (QED) is 0.487. The van der Waals surface area contributed by atoms with Gasteiger partial charge in [-0.3, -0.25) is 9.10 Å². The molecule has 152 valence electrons. The summed E-state index contributed by atoms with van der Waals surface area (Å²) in [6, 6.07) is 11.9. The lowest BCUT2D eigenvalue weighted by molar-refractivity contribution is -0.124. The molecule has 1 aliphatic carbocycles. The first kappa shape index (κ1) is 21.1. The van der Waals surface area contributed by atoms with Crippen molar-refractivity contribution in [2.45, 2.75) is 30.3 Å². The lowest BCUT2D eigenvalue weighted by Crippen LogP contribution is -2.31. The minimum atomic E-state index is -3.98. The van der Waals surface area contributed by atoms with E-state index in [0.717, 1.165) is 0 Å². The number of halogens is 1. The van der Waals surface area contributed by atoms with Gasteiger partial charge in [0.05, 0.1) is 22.7 Å². The third-order valence-electron chi connectivity index (χ3n) is 4.57. The topological polar surface area (TPSA) is 80.8 Å². The maximum absolute atomic E-state index is 13.2. The molecule has 0 N–H and O–H groups in total. The van der Waals surface area contributed by atoms with Crippen molar-refractivity contribution in [3.8, 4) is 0 Å². The summed E-state index contributed by atoms with van der Waals surface area (Å²) in [6.07, 6.45) is 2.28. The van der Waals surface area contributed by atoms with Crippen LogP contribution in [0.2, 0.25) is 5.02 Å². The van der Waals surface area contributed by atoms with Crippen LogP contribution in [-0.4, -0.2) is 32.8 Å². The Morgan fingerprint density at radius 3 is 2.59 bits per heavy atom. The van der Waals surface area contributed by atoms with Crippen LogP contribution in [0.4, 0.5) is 5.69 Å². The molecule has 0 saturated heterocycles. The van der Waals surface area contributed by atoms with Gasteiger partial charge in [-0.1, -0.05) is 23.7 Å². The van der Waals surface area contributed by atoms with Crippen molar-refractivity contribution in [3.63, 3.8) is 0 Å². The average Bonchev–Trinajstić information content (AvgIpc) is 3.11. The number of Topliss-reactive ketones (excluding diaryl/α,β-unsaturated/α-hetero) is 1. The second-order valence-electron chi connectivity index (χ2n) is 6.58. The summed E-state index contributed by atoms with van der Waals surface area (Å²) in [4.78, 5) is 24.1. The van der Waals surface area contributed by atoms with Gasteiger partial charge in [-0.15, -0.1) is 6.58 Å². The first-order valence-corrected chi connectivity index (χ1v) is 10.9. The van der Waals surface area contributed by atoms with Gasteiger partial charge in [0, 0.05) is 11.4 Å². The van der Waals surface area contributed by atoms with E-state index in [0.29, 0.717) is 30.0 Å². The molecule has 0 amide bonds. The molecule has 0 heterocycles. The highest BCUT2D eigenvalue weighted by Crippen LogP contribution is 2.26. The lowest BCUT2D eigenvalue weighted by Gasteiger charge is -2.23. The van der Waals surface area contributed by atoms with Crippen molar-refractivity contribution in [3.05, 3.63) is 71.8 Å². The monoisotopic (exact) mass is 433 g/mol. The molecule has 0 unspecified atom stereocenters. The molecule has 0 aromatic heterocycles. The van der Waals surface area contributed by atoms with Crippen LogP contribution in [0.1, 0.15) is 29.6 Å². The predicted molar refractivity (Wildman–Crippen MR) is 111 cm³/mol. The van der Waals surface area contributed by atoms with E-state index in [1.54, 1.807) is 24.3 Å².